The highest BCUT2D eigenvalue weighted by Gasteiger charge is 2.35. The number of fused-ring (bicyclic) bond motifs is 1. The third-order valence-corrected chi connectivity index (χ3v) is 5.83. The third kappa shape index (κ3) is 4.37. The molecule has 12 heteroatoms. The largest absolute Gasteiger partial charge is 0.504 e. The number of aryl methyl sites for hydroxylation is 1. The molecule has 0 atom stereocenters. The predicted molar refractivity (Wildman–Crippen MR) is 130 cm³/mol. The van der Waals surface area contributed by atoms with Gasteiger partial charge in [0.1, 0.15) is 17.8 Å². The van der Waals surface area contributed by atoms with Gasteiger partial charge < -0.3 is 10.1 Å². The van der Waals surface area contributed by atoms with E-state index in [0.717, 1.165) is 17.3 Å². The zero-order chi connectivity index (χ0) is 26.3. The Morgan fingerprint density at radius 2 is 1.84 bits per heavy atom. The molecule has 0 fully saturated rings. The maximum atomic E-state index is 13.1. The quantitative estimate of drug-likeness (QED) is 0.362. The van der Waals surface area contributed by atoms with Crippen LogP contribution in [0.15, 0.2) is 61.2 Å². The van der Waals surface area contributed by atoms with E-state index in [9.17, 15) is 18.0 Å². The van der Waals surface area contributed by atoms with Crippen LogP contribution in [0.5, 0.6) is 5.75 Å². The van der Waals surface area contributed by atoms with Crippen LogP contribution in [0.2, 0.25) is 0 Å². The summed E-state index contributed by atoms with van der Waals surface area (Å²) in [5, 5.41) is 11.1. The lowest BCUT2D eigenvalue weighted by atomic mass is 10.0. The molecule has 5 rings (SSSR count). The number of rotatable bonds is 5. The number of amides is 1. The average Bonchev–Trinajstić information content (AvgIpc) is 3.46. The molecule has 0 unspecified atom stereocenters. The fourth-order valence-electron chi connectivity index (χ4n) is 4.11. The van der Waals surface area contributed by atoms with E-state index in [1.54, 1.807) is 23.9 Å². The van der Waals surface area contributed by atoms with Crippen molar-refractivity contribution in [2.24, 2.45) is 7.05 Å². The Labute approximate surface area is 208 Å². The van der Waals surface area contributed by atoms with E-state index in [1.165, 1.54) is 20.4 Å². The van der Waals surface area contributed by atoms with Gasteiger partial charge in [0.05, 0.1) is 41.5 Å². The number of carbonyl (C=O) groups excluding carboxylic acids is 1. The molecular formula is C25H20F3N7O2. The molecule has 2 aromatic carbocycles. The maximum absolute atomic E-state index is 13.1. The standard InChI is InChI=1S/C25H20F3N7O2/c1-14-17(11-31-35(14)25(26,27)28)24(36)32-20-9-16-19(10-21(20)37-3)29-13-30-23(16)18-12-34(2)33-22(18)15-7-5-4-6-8-15/h4-13H,1-3H3,(H,32,36). The Kier molecular flexibility index (Phi) is 5.86. The monoisotopic (exact) mass is 507 g/mol. The summed E-state index contributed by atoms with van der Waals surface area (Å²) in [5.41, 5.74) is 3.13. The van der Waals surface area contributed by atoms with Gasteiger partial charge in [-0.1, -0.05) is 30.3 Å². The molecule has 0 radical (unpaired) electrons. The maximum Gasteiger partial charge on any atom is 0.504 e. The van der Waals surface area contributed by atoms with E-state index in [1.807, 2.05) is 36.5 Å². The van der Waals surface area contributed by atoms with Crippen molar-refractivity contribution in [2.45, 2.75) is 13.2 Å². The predicted octanol–water partition coefficient (Wildman–Crippen LogP) is 4.94. The molecule has 37 heavy (non-hydrogen) atoms. The lowest BCUT2D eigenvalue weighted by Crippen LogP contribution is -2.21. The first-order valence-corrected chi connectivity index (χ1v) is 11.0. The highest BCUT2D eigenvalue weighted by atomic mass is 19.4. The van der Waals surface area contributed by atoms with Crippen molar-refractivity contribution in [3.63, 3.8) is 0 Å². The molecule has 0 aliphatic carbocycles. The van der Waals surface area contributed by atoms with Crippen molar-refractivity contribution in [2.75, 3.05) is 12.4 Å². The van der Waals surface area contributed by atoms with Crippen LogP contribution in [-0.2, 0) is 13.3 Å². The van der Waals surface area contributed by atoms with Crippen molar-refractivity contribution in [3.8, 4) is 28.3 Å². The van der Waals surface area contributed by atoms with Crippen LogP contribution in [0.4, 0.5) is 18.9 Å². The Balaban J connectivity index is 1.61. The molecule has 1 N–H and O–H groups in total. The number of aromatic nitrogens is 6. The molecule has 188 valence electrons. The fraction of sp³-hybridized carbons (Fsp3) is 0.160. The molecule has 3 heterocycles. The van der Waals surface area contributed by atoms with Gasteiger partial charge in [-0.3, -0.25) is 9.48 Å². The lowest BCUT2D eigenvalue weighted by Gasteiger charge is -2.13. The van der Waals surface area contributed by atoms with E-state index >= 15 is 0 Å². The molecule has 0 spiro atoms. The van der Waals surface area contributed by atoms with E-state index in [0.29, 0.717) is 22.3 Å². The van der Waals surface area contributed by atoms with E-state index in [4.69, 9.17) is 4.74 Å². The molecule has 0 aliphatic heterocycles. The number of benzene rings is 2. The number of ether oxygens (including phenoxy) is 1. The van der Waals surface area contributed by atoms with Gasteiger partial charge in [0.15, 0.2) is 0 Å². The first kappa shape index (κ1) is 24.0. The summed E-state index contributed by atoms with van der Waals surface area (Å²) >= 11 is 0. The summed E-state index contributed by atoms with van der Waals surface area (Å²) in [7, 11) is 3.22. The normalized spacial score (nSPS) is 11.6. The molecule has 0 bridgehead atoms. The lowest BCUT2D eigenvalue weighted by molar-refractivity contribution is -0.213. The average molecular weight is 507 g/mol. The topological polar surface area (TPSA) is 99.8 Å². The molecule has 3 aromatic heterocycles. The number of nitrogens with zero attached hydrogens (tertiary/aromatic N) is 6. The highest BCUT2D eigenvalue weighted by Crippen LogP contribution is 2.37. The van der Waals surface area contributed by atoms with Crippen LogP contribution in [0.1, 0.15) is 16.1 Å². The molecule has 0 aliphatic rings. The minimum absolute atomic E-state index is 0.154. The Hall–Kier alpha value is -4.74. The van der Waals surface area contributed by atoms with E-state index in [-0.39, 0.29) is 27.4 Å². The van der Waals surface area contributed by atoms with Crippen molar-refractivity contribution in [3.05, 3.63) is 72.4 Å². The first-order valence-electron chi connectivity index (χ1n) is 11.0. The van der Waals surface area contributed by atoms with Gasteiger partial charge in [0.25, 0.3) is 5.91 Å². The van der Waals surface area contributed by atoms with Crippen molar-refractivity contribution in [1.29, 1.82) is 0 Å². The van der Waals surface area contributed by atoms with Crippen LogP contribution in [0.3, 0.4) is 0 Å². The molecule has 1 amide bonds. The summed E-state index contributed by atoms with van der Waals surface area (Å²) in [6, 6.07) is 12.9. The second-order valence-electron chi connectivity index (χ2n) is 8.20. The van der Waals surface area contributed by atoms with E-state index in [2.05, 4.69) is 25.5 Å². The number of anilines is 1. The van der Waals surface area contributed by atoms with Gasteiger partial charge >= 0.3 is 6.30 Å². The fourth-order valence-corrected chi connectivity index (χ4v) is 4.11. The third-order valence-electron chi connectivity index (χ3n) is 5.83. The SMILES string of the molecule is COc1cc2ncnc(-c3cn(C)nc3-c3ccccc3)c2cc1NC(=O)c1cnn(C(F)(F)F)c1C. The summed E-state index contributed by atoms with van der Waals surface area (Å²) < 4.78 is 46.4. The number of hydrogen-bond donors (Lipinski definition) is 1. The Morgan fingerprint density at radius 3 is 2.51 bits per heavy atom. The van der Waals surface area contributed by atoms with Crippen LogP contribution in [-0.4, -0.2) is 42.5 Å². The van der Waals surface area contributed by atoms with Gasteiger partial charge in [0, 0.05) is 35.8 Å². The molecule has 5 aromatic rings. The number of carbonyl (C=O) groups is 1. The van der Waals surface area contributed by atoms with Gasteiger partial charge in [-0.05, 0) is 13.0 Å². The molecule has 0 saturated carbocycles. The summed E-state index contributed by atoms with van der Waals surface area (Å²) in [6.45, 7) is 1.17. The number of nitrogens with one attached hydrogen (secondary N) is 1. The number of hydrogen-bond acceptors (Lipinski definition) is 6. The number of methoxy groups -OCH3 is 1. The second kappa shape index (κ2) is 9.04. The highest BCUT2D eigenvalue weighted by molar-refractivity contribution is 6.08. The van der Waals surface area contributed by atoms with E-state index < -0.39 is 12.2 Å². The Bertz CT molecular complexity index is 1630. The smallest absolute Gasteiger partial charge is 0.494 e. The zero-order valence-corrected chi connectivity index (χ0v) is 19.9. The van der Waals surface area contributed by atoms with Crippen LogP contribution in [0.25, 0.3) is 33.4 Å². The summed E-state index contributed by atoms with van der Waals surface area (Å²) in [5.74, 6) is -0.490. The number of alkyl halides is 3. The van der Waals surface area contributed by atoms with Crippen LogP contribution >= 0.6 is 0 Å². The second-order valence-corrected chi connectivity index (χ2v) is 8.20. The Morgan fingerprint density at radius 1 is 1.08 bits per heavy atom. The van der Waals surface area contributed by atoms with Gasteiger partial charge in [0.2, 0.25) is 0 Å². The minimum atomic E-state index is -4.74. The summed E-state index contributed by atoms with van der Waals surface area (Å²) in [4.78, 5) is 21.8. The first-order chi connectivity index (χ1) is 17.7. The van der Waals surface area contributed by atoms with Gasteiger partial charge in [-0.15, -0.1) is 13.2 Å². The molecular weight excluding hydrogens is 487 g/mol. The van der Waals surface area contributed by atoms with Crippen molar-refractivity contribution < 1.29 is 22.7 Å². The minimum Gasteiger partial charge on any atom is -0.494 e. The van der Waals surface area contributed by atoms with Gasteiger partial charge in [-0.2, -0.15) is 14.9 Å². The zero-order valence-electron chi connectivity index (χ0n) is 19.9. The number of halogens is 3. The van der Waals surface area contributed by atoms with Crippen molar-refractivity contribution >= 4 is 22.5 Å². The molecule has 0 saturated heterocycles. The molecule has 9 nitrogen and oxygen atoms in total. The van der Waals surface area contributed by atoms with Crippen LogP contribution in [0, 0.1) is 6.92 Å². The van der Waals surface area contributed by atoms with Crippen LogP contribution < -0.4 is 10.1 Å². The summed E-state index contributed by atoms with van der Waals surface area (Å²) in [6.07, 6.45) is -0.606. The van der Waals surface area contributed by atoms with Gasteiger partial charge in [-0.25, -0.2) is 9.97 Å². The van der Waals surface area contributed by atoms with Crippen molar-refractivity contribution in [1.82, 2.24) is 29.5 Å².